The number of hydrogen-bond acceptors (Lipinski definition) is 5. The van der Waals surface area contributed by atoms with Crippen molar-refractivity contribution in [2.24, 2.45) is 5.92 Å². The molecule has 1 saturated heterocycles. The van der Waals surface area contributed by atoms with E-state index in [0.29, 0.717) is 38.1 Å². The molecule has 156 valence electrons. The molecule has 1 N–H and O–H groups in total. The summed E-state index contributed by atoms with van der Waals surface area (Å²) >= 11 is 0. The fourth-order valence-electron chi connectivity index (χ4n) is 3.18. The van der Waals surface area contributed by atoms with Crippen LogP contribution in [0, 0.1) is 5.92 Å². The third kappa shape index (κ3) is 5.40. The molecule has 0 radical (unpaired) electrons. The highest BCUT2D eigenvalue weighted by molar-refractivity contribution is 5.77. The Morgan fingerprint density at radius 2 is 1.83 bits per heavy atom. The Bertz CT molecular complexity index is 818. The highest BCUT2D eigenvalue weighted by Crippen LogP contribution is 2.34. The van der Waals surface area contributed by atoms with Crippen LogP contribution in [0.3, 0.4) is 0 Å². The van der Waals surface area contributed by atoms with Crippen LogP contribution < -0.4 is 14.4 Å². The first-order valence-electron chi connectivity index (χ1n) is 10.5. The van der Waals surface area contributed by atoms with E-state index in [9.17, 15) is 4.79 Å². The second kappa shape index (κ2) is 10.1. The molecule has 2 heterocycles. The van der Waals surface area contributed by atoms with Crippen LogP contribution in [0.15, 0.2) is 36.4 Å². The van der Waals surface area contributed by atoms with Crippen molar-refractivity contribution >= 4 is 11.7 Å². The molecule has 6 heteroatoms. The van der Waals surface area contributed by atoms with Crippen molar-refractivity contribution in [3.8, 4) is 22.9 Å². The van der Waals surface area contributed by atoms with E-state index in [0.717, 1.165) is 42.5 Å². The van der Waals surface area contributed by atoms with Crippen LogP contribution in [-0.2, 0) is 4.79 Å². The van der Waals surface area contributed by atoms with Gasteiger partial charge in [0.15, 0.2) is 0 Å². The van der Waals surface area contributed by atoms with Gasteiger partial charge in [-0.25, -0.2) is 0 Å². The molecule has 3 rings (SSSR count). The smallest absolute Gasteiger partial charge is 0.310 e. The SMILES string of the molecule is CCCCOc1ccc(-c2cccc(N3CC(C(=O)O)C3)c2)c(OCCCC)n1. The van der Waals surface area contributed by atoms with Gasteiger partial charge in [-0.3, -0.25) is 4.79 Å². The summed E-state index contributed by atoms with van der Waals surface area (Å²) in [5.74, 6) is 0.146. The van der Waals surface area contributed by atoms with Gasteiger partial charge in [-0.15, -0.1) is 0 Å². The molecule has 0 bridgehead atoms. The number of unbranched alkanes of at least 4 members (excludes halogenated alkanes) is 2. The van der Waals surface area contributed by atoms with E-state index >= 15 is 0 Å². The number of rotatable bonds is 11. The molecule has 0 aliphatic carbocycles. The number of carboxylic acids is 1. The number of carbonyl (C=O) groups is 1. The van der Waals surface area contributed by atoms with Crippen molar-refractivity contribution in [1.82, 2.24) is 4.98 Å². The Morgan fingerprint density at radius 3 is 2.52 bits per heavy atom. The van der Waals surface area contributed by atoms with Gasteiger partial charge in [0.2, 0.25) is 11.8 Å². The summed E-state index contributed by atoms with van der Waals surface area (Å²) < 4.78 is 11.7. The van der Waals surface area contributed by atoms with E-state index in [4.69, 9.17) is 14.6 Å². The minimum absolute atomic E-state index is 0.284. The Kier molecular flexibility index (Phi) is 7.33. The van der Waals surface area contributed by atoms with Gasteiger partial charge < -0.3 is 19.5 Å². The van der Waals surface area contributed by atoms with Crippen LogP contribution in [0.2, 0.25) is 0 Å². The average molecular weight is 399 g/mol. The maximum absolute atomic E-state index is 11.1. The first-order chi connectivity index (χ1) is 14.1. The number of carboxylic acid groups (broad SMARTS) is 1. The zero-order valence-electron chi connectivity index (χ0n) is 17.3. The Balaban J connectivity index is 1.80. The van der Waals surface area contributed by atoms with E-state index in [1.165, 1.54) is 0 Å². The molecular weight excluding hydrogens is 368 g/mol. The molecule has 0 atom stereocenters. The lowest BCUT2D eigenvalue weighted by Gasteiger charge is -2.38. The highest BCUT2D eigenvalue weighted by atomic mass is 16.5. The van der Waals surface area contributed by atoms with Crippen molar-refractivity contribution in [2.45, 2.75) is 39.5 Å². The lowest BCUT2D eigenvalue weighted by molar-refractivity contribution is -0.142. The Hall–Kier alpha value is -2.76. The van der Waals surface area contributed by atoms with Gasteiger partial charge in [0, 0.05) is 30.4 Å². The molecule has 1 fully saturated rings. The van der Waals surface area contributed by atoms with Crippen molar-refractivity contribution in [1.29, 1.82) is 0 Å². The number of pyridine rings is 1. The fraction of sp³-hybridized carbons (Fsp3) is 0.478. The van der Waals surface area contributed by atoms with Crippen LogP contribution in [-0.4, -0.2) is 42.4 Å². The second-order valence-corrected chi connectivity index (χ2v) is 7.40. The first kappa shape index (κ1) is 21.0. The normalized spacial score (nSPS) is 13.8. The van der Waals surface area contributed by atoms with Crippen molar-refractivity contribution < 1.29 is 19.4 Å². The van der Waals surface area contributed by atoms with Gasteiger partial charge in [-0.1, -0.05) is 38.8 Å². The van der Waals surface area contributed by atoms with Gasteiger partial charge in [0.1, 0.15) is 0 Å². The number of hydrogen-bond donors (Lipinski definition) is 1. The van der Waals surface area contributed by atoms with Crippen LogP contribution in [0.1, 0.15) is 39.5 Å². The molecule has 29 heavy (non-hydrogen) atoms. The van der Waals surface area contributed by atoms with E-state index in [2.05, 4.69) is 29.8 Å². The third-order valence-electron chi connectivity index (χ3n) is 5.07. The monoisotopic (exact) mass is 398 g/mol. The van der Waals surface area contributed by atoms with Crippen LogP contribution in [0.25, 0.3) is 11.1 Å². The summed E-state index contributed by atoms with van der Waals surface area (Å²) in [4.78, 5) is 17.8. The zero-order chi connectivity index (χ0) is 20.6. The van der Waals surface area contributed by atoms with E-state index in [1.54, 1.807) is 0 Å². The topological polar surface area (TPSA) is 71.9 Å². The molecular formula is C23H30N2O4. The van der Waals surface area contributed by atoms with Crippen molar-refractivity contribution in [3.05, 3.63) is 36.4 Å². The molecule has 0 unspecified atom stereocenters. The highest BCUT2D eigenvalue weighted by Gasteiger charge is 2.32. The van der Waals surface area contributed by atoms with Crippen molar-refractivity contribution in [2.75, 3.05) is 31.2 Å². The standard InChI is InChI=1S/C23H30N2O4/c1-3-5-12-28-21-11-10-20(22(24-21)29-13-6-4-2)17-8-7-9-19(14-17)25-15-18(16-25)23(26)27/h7-11,14,18H,3-6,12-13,15-16H2,1-2H3,(H,26,27). The molecule has 0 amide bonds. The molecule has 1 aliphatic rings. The molecule has 1 aromatic heterocycles. The molecule has 1 aliphatic heterocycles. The Morgan fingerprint density at radius 1 is 1.10 bits per heavy atom. The first-order valence-corrected chi connectivity index (χ1v) is 10.5. The number of anilines is 1. The zero-order valence-corrected chi connectivity index (χ0v) is 17.3. The van der Waals surface area contributed by atoms with Crippen LogP contribution in [0.5, 0.6) is 11.8 Å². The number of aliphatic carboxylic acids is 1. The lowest BCUT2D eigenvalue weighted by atomic mass is 9.98. The molecule has 6 nitrogen and oxygen atoms in total. The maximum atomic E-state index is 11.1. The molecule has 1 aromatic carbocycles. The number of benzene rings is 1. The number of aromatic nitrogens is 1. The summed E-state index contributed by atoms with van der Waals surface area (Å²) in [6.45, 7) is 6.60. The number of nitrogens with zero attached hydrogens (tertiary/aromatic N) is 2. The van der Waals surface area contributed by atoms with E-state index in [-0.39, 0.29) is 5.92 Å². The van der Waals surface area contributed by atoms with Crippen LogP contribution in [0.4, 0.5) is 5.69 Å². The van der Waals surface area contributed by atoms with E-state index < -0.39 is 5.97 Å². The summed E-state index contributed by atoms with van der Waals surface area (Å²) in [5.41, 5.74) is 2.93. The summed E-state index contributed by atoms with van der Waals surface area (Å²) in [6, 6.07) is 12.0. The van der Waals surface area contributed by atoms with E-state index in [1.807, 2.05) is 30.3 Å². The minimum Gasteiger partial charge on any atom is -0.481 e. The van der Waals surface area contributed by atoms with Gasteiger partial charge in [-0.05, 0) is 36.6 Å². The fourth-order valence-corrected chi connectivity index (χ4v) is 3.18. The second-order valence-electron chi connectivity index (χ2n) is 7.40. The predicted molar refractivity (Wildman–Crippen MR) is 114 cm³/mol. The van der Waals surface area contributed by atoms with Crippen molar-refractivity contribution in [3.63, 3.8) is 0 Å². The summed E-state index contributed by atoms with van der Waals surface area (Å²) in [6.07, 6.45) is 4.08. The average Bonchev–Trinajstić information content (AvgIpc) is 2.67. The Labute approximate surface area is 172 Å². The largest absolute Gasteiger partial charge is 0.481 e. The number of ether oxygens (including phenoxy) is 2. The van der Waals surface area contributed by atoms with Gasteiger partial charge in [-0.2, -0.15) is 4.98 Å². The lowest BCUT2D eigenvalue weighted by Crippen LogP contribution is -2.50. The third-order valence-corrected chi connectivity index (χ3v) is 5.07. The maximum Gasteiger partial charge on any atom is 0.310 e. The quantitative estimate of drug-likeness (QED) is 0.557. The molecule has 2 aromatic rings. The van der Waals surface area contributed by atoms with Gasteiger partial charge in [0.05, 0.1) is 19.1 Å². The molecule has 0 spiro atoms. The predicted octanol–water partition coefficient (Wildman–Crippen LogP) is 4.63. The van der Waals surface area contributed by atoms with Gasteiger partial charge in [0.25, 0.3) is 0 Å². The summed E-state index contributed by atoms with van der Waals surface area (Å²) in [7, 11) is 0. The molecule has 0 saturated carbocycles. The van der Waals surface area contributed by atoms with Crippen LogP contribution >= 0.6 is 0 Å². The minimum atomic E-state index is -0.730. The summed E-state index contributed by atoms with van der Waals surface area (Å²) in [5, 5.41) is 9.11. The van der Waals surface area contributed by atoms with Gasteiger partial charge >= 0.3 is 5.97 Å².